The zero-order chi connectivity index (χ0) is 10.7. The normalized spacial score (nSPS) is 26.2. The number of hydrogen-bond acceptors (Lipinski definition) is 2. The predicted molar refractivity (Wildman–Crippen MR) is 65.9 cm³/mol. The molecular formula is C13H20N2. The summed E-state index contributed by atoms with van der Waals surface area (Å²) in [5.41, 5.74) is 7.86. The molecule has 2 rings (SSSR count). The number of benzene rings is 1. The highest BCUT2D eigenvalue weighted by Gasteiger charge is 2.18. The van der Waals surface area contributed by atoms with E-state index >= 15 is 0 Å². The molecule has 1 saturated carbocycles. The number of nitrogens with one attached hydrogen (secondary N) is 1. The number of rotatable bonds is 2. The first-order chi connectivity index (χ1) is 7.25. The zero-order valence-corrected chi connectivity index (χ0v) is 9.37. The summed E-state index contributed by atoms with van der Waals surface area (Å²) in [7, 11) is 0. The fraction of sp³-hybridized carbons (Fsp3) is 0.538. The Labute approximate surface area is 91.9 Å². The van der Waals surface area contributed by atoms with E-state index in [1.807, 2.05) is 18.2 Å². The highest BCUT2D eigenvalue weighted by atomic mass is 14.9. The molecule has 0 saturated heterocycles. The Balaban J connectivity index is 1.99. The van der Waals surface area contributed by atoms with Crippen LogP contribution in [0.5, 0.6) is 0 Å². The molecular weight excluding hydrogens is 184 g/mol. The highest BCUT2D eigenvalue weighted by molar-refractivity contribution is 5.65. The number of nitrogen functional groups attached to an aromatic ring is 1. The first kappa shape index (κ1) is 10.3. The van der Waals surface area contributed by atoms with Crippen molar-refractivity contribution in [2.45, 2.75) is 38.6 Å². The van der Waals surface area contributed by atoms with Gasteiger partial charge in [0.05, 0.1) is 11.4 Å². The van der Waals surface area contributed by atoms with Crippen LogP contribution in [0.15, 0.2) is 24.3 Å². The average molecular weight is 204 g/mol. The first-order valence-corrected chi connectivity index (χ1v) is 5.87. The van der Waals surface area contributed by atoms with Crippen molar-refractivity contribution in [2.75, 3.05) is 11.1 Å². The largest absolute Gasteiger partial charge is 0.397 e. The SMILES string of the molecule is CC1CCCC(Nc2ccccc2N)C1. The number of para-hydroxylation sites is 2. The molecule has 0 aromatic heterocycles. The molecule has 15 heavy (non-hydrogen) atoms. The van der Waals surface area contributed by atoms with Crippen molar-refractivity contribution < 1.29 is 0 Å². The van der Waals surface area contributed by atoms with Crippen LogP contribution in [0.4, 0.5) is 11.4 Å². The van der Waals surface area contributed by atoms with Crippen LogP contribution in [-0.4, -0.2) is 6.04 Å². The smallest absolute Gasteiger partial charge is 0.0576 e. The monoisotopic (exact) mass is 204 g/mol. The summed E-state index contributed by atoms with van der Waals surface area (Å²) >= 11 is 0. The van der Waals surface area contributed by atoms with E-state index in [9.17, 15) is 0 Å². The molecule has 0 bridgehead atoms. The van der Waals surface area contributed by atoms with Crippen LogP contribution in [0.2, 0.25) is 0 Å². The molecule has 2 unspecified atom stereocenters. The van der Waals surface area contributed by atoms with Crippen molar-refractivity contribution >= 4 is 11.4 Å². The second kappa shape index (κ2) is 4.56. The van der Waals surface area contributed by atoms with Gasteiger partial charge < -0.3 is 11.1 Å². The van der Waals surface area contributed by atoms with Gasteiger partial charge in [-0.3, -0.25) is 0 Å². The Morgan fingerprint density at radius 1 is 1.27 bits per heavy atom. The Kier molecular flexibility index (Phi) is 3.14. The Bertz CT molecular complexity index is 322. The van der Waals surface area contributed by atoms with E-state index in [4.69, 9.17) is 5.73 Å². The molecule has 0 aliphatic heterocycles. The maximum absolute atomic E-state index is 5.91. The maximum Gasteiger partial charge on any atom is 0.0576 e. The molecule has 0 spiro atoms. The fourth-order valence-corrected chi connectivity index (χ4v) is 2.41. The maximum atomic E-state index is 5.91. The van der Waals surface area contributed by atoms with Gasteiger partial charge in [-0.15, -0.1) is 0 Å². The van der Waals surface area contributed by atoms with Gasteiger partial charge in [0.1, 0.15) is 0 Å². The zero-order valence-electron chi connectivity index (χ0n) is 9.37. The molecule has 0 radical (unpaired) electrons. The van der Waals surface area contributed by atoms with Crippen molar-refractivity contribution in [3.8, 4) is 0 Å². The number of hydrogen-bond donors (Lipinski definition) is 2. The first-order valence-electron chi connectivity index (χ1n) is 5.87. The molecule has 1 aromatic carbocycles. The topological polar surface area (TPSA) is 38.0 Å². The van der Waals surface area contributed by atoms with Crippen LogP contribution < -0.4 is 11.1 Å². The summed E-state index contributed by atoms with van der Waals surface area (Å²) in [4.78, 5) is 0. The summed E-state index contributed by atoms with van der Waals surface area (Å²) in [5.74, 6) is 0.848. The molecule has 3 N–H and O–H groups in total. The van der Waals surface area contributed by atoms with E-state index in [1.165, 1.54) is 25.7 Å². The predicted octanol–water partition coefficient (Wildman–Crippen LogP) is 3.26. The fourth-order valence-electron chi connectivity index (χ4n) is 2.41. The van der Waals surface area contributed by atoms with E-state index in [1.54, 1.807) is 0 Å². The molecule has 0 heterocycles. The third kappa shape index (κ3) is 2.65. The number of nitrogens with two attached hydrogens (primary N) is 1. The van der Waals surface area contributed by atoms with Gasteiger partial charge in [-0.05, 0) is 30.9 Å². The van der Waals surface area contributed by atoms with Crippen LogP contribution in [0.1, 0.15) is 32.6 Å². The molecule has 2 nitrogen and oxygen atoms in total. The molecule has 2 heteroatoms. The molecule has 2 atom stereocenters. The van der Waals surface area contributed by atoms with E-state index < -0.39 is 0 Å². The number of anilines is 2. The average Bonchev–Trinajstić information content (AvgIpc) is 2.22. The quantitative estimate of drug-likeness (QED) is 0.726. The minimum atomic E-state index is 0.610. The van der Waals surface area contributed by atoms with Crippen LogP contribution in [0.3, 0.4) is 0 Å². The van der Waals surface area contributed by atoms with Crippen LogP contribution >= 0.6 is 0 Å². The van der Waals surface area contributed by atoms with Gasteiger partial charge in [-0.2, -0.15) is 0 Å². The van der Waals surface area contributed by atoms with Crippen molar-refractivity contribution in [3.63, 3.8) is 0 Å². The van der Waals surface area contributed by atoms with Crippen molar-refractivity contribution in [3.05, 3.63) is 24.3 Å². The van der Waals surface area contributed by atoms with Gasteiger partial charge >= 0.3 is 0 Å². The van der Waals surface area contributed by atoms with Crippen LogP contribution in [0, 0.1) is 5.92 Å². The van der Waals surface area contributed by atoms with Crippen molar-refractivity contribution in [1.29, 1.82) is 0 Å². The lowest BCUT2D eigenvalue weighted by Gasteiger charge is -2.28. The lowest BCUT2D eigenvalue weighted by molar-refractivity contribution is 0.359. The molecule has 1 fully saturated rings. The van der Waals surface area contributed by atoms with Gasteiger partial charge in [0.2, 0.25) is 0 Å². The lowest BCUT2D eigenvalue weighted by Crippen LogP contribution is -2.26. The Hall–Kier alpha value is -1.18. The van der Waals surface area contributed by atoms with Gasteiger partial charge in [0, 0.05) is 6.04 Å². The van der Waals surface area contributed by atoms with E-state index in [0.717, 1.165) is 17.3 Å². The van der Waals surface area contributed by atoms with Gasteiger partial charge in [0.15, 0.2) is 0 Å². The summed E-state index contributed by atoms with van der Waals surface area (Å²) in [5, 5.41) is 3.55. The summed E-state index contributed by atoms with van der Waals surface area (Å²) in [6.45, 7) is 2.34. The molecule has 1 aromatic rings. The van der Waals surface area contributed by atoms with E-state index in [2.05, 4.69) is 18.3 Å². The minimum absolute atomic E-state index is 0.610. The van der Waals surface area contributed by atoms with Crippen molar-refractivity contribution in [1.82, 2.24) is 0 Å². The molecule has 0 amide bonds. The highest BCUT2D eigenvalue weighted by Crippen LogP contribution is 2.27. The summed E-state index contributed by atoms with van der Waals surface area (Å²) in [6, 6.07) is 8.64. The van der Waals surface area contributed by atoms with Gasteiger partial charge in [-0.25, -0.2) is 0 Å². The lowest BCUT2D eigenvalue weighted by atomic mass is 9.87. The van der Waals surface area contributed by atoms with Gasteiger partial charge in [0.25, 0.3) is 0 Å². The second-order valence-electron chi connectivity index (χ2n) is 4.70. The van der Waals surface area contributed by atoms with E-state index in [-0.39, 0.29) is 0 Å². The minimum Gasteiger partial charge on any atom is -0.397 e. The standard InChI is InChI=1S/C13H20N2/c1-10-5-4-6-11(9-10)15-13-8-3-2-7-12(13)14/h2-3,7-8,10-11,15H,4-6,9,14H2,1H3. The van der Waals surface area contributed by atoms with Gasteiger partial charge in [-0.1, -0.05) is 31.9 Å². The summed E-state index contributed by atoms with van der Waals surface area (Å²) in [6.07, 6.45) is 5.26. The Morgan fingerprint density at radius 2 is 2.07 bits per heavy atom. The Morgan fingerprint density at radius 3 is 2.80 bits per heavy atom. The summed E-state index contributed by atoms with van der Waals surface area (Å²) < 4.78 is 0. The van der Waals surface area contributed by atoms with Crippen LogP contribution in [-0.2, 0) is 0 Å². The van der Waals surface area contributed by atoms with E-state index in [0.29, 0.717) is 6.04 Å². The third-order valence-corrected chi connectivity index (χ3v) is 3.26. The van der Waals surface area contributed by atoms with Crippen molar-refractivity contribution in [2.24, 2.45) is 5.92 Å². The van der Waals surface area contributed by atoms with Crippen LogP contribution in [0.25, 0.3) is 0 Å². The molecule has 1 aliphatic carbocycles. The molecule has 82 valence electrons. The third-order valence-electron chi connectivity index (χ3n) is 3.26. The molecule has 1 aliphatic rings. The second-order valence-corrected chi connectivity index (χ2v) is 4.70.